The van der Waals surface area contributed by atoms with Crippen molar-refractivity contribution in [3.63, 3.8) is 0 Å². The Labute approximate surface area is 114 Å². The van der Waals surface area contributed by atoms with Gasteiger partial charge in [0.25, 0.3) is 0 Å². The summed E-state index contributed by atoms with van der Waals surface area (Å²) in [5.41, 5.74) is 1.36. The number of rotatable bonds is 4. The molecule has 3 nitrogen and oxygen atoms in total. The summed E-state index contributed by atoms with van der Waals surface area (Å²) in [5, 5.41) is 3.01. The Balaban J connectivity index is 1.75. The number of piperidine rings is 1. The summed E-state index contributed by atoms with van der Waals surface area (Å²) < 4.78 is 0. The van der Waals surface area contributed by atoms with Gasteiger partial charge in [0.05, 0.1) is 5.75 Å². The zero-order chi connectivity index (χ0) is 12.8. The standard InChI is InChI=1S/C14H20N2OS/c17-14(11-18)15-13-6-8-16(9-7-13)10-12-4-2-1-3-5-12/h1-5,13,18H,6-11H2,(H,15,17). The second-order valence-electron chi connectivity index (χ2n) is 4.76. The van der Waals surface area contributed by atoms with Gasteiger partial charge in [-0.2, -0.15) is 12.6 Å². The number of thiol groups is 1. The first kappa shape index (κ1) is 13.4. The molecule has 2 rings (SSSR count). The van der Waals surface area contributed by atoms with E-state index in [9.17, 15) is 4.79 Å². The summed E-state index contributed by atoms with van der Waals surface area (Å²) in [6, 6.07) is 10.9. The first-order valence-electron chi connectivity index (χ1n) is 6.44. The third kappa shape index (κ3) is 4.03. The van der Waals surface area contributed by atoms with Gasteiger partial charge in [0.1, 0.15) is 0 Å². The molecule has 4 heteroatoms. The van der Waals surface area contributed by atoms with Crippen LogP contribution in [0, 0.1) is 0 Å². The van der Waals surface area contributed by atoms with Gasteiger partial charge in [-0.15, -0.1) is 0 Å². The van der Waals surface area contributed by atoms with Gasteiger partial charge < -0.3 is 5.32 Å². The molecule has 0 radical (unpaired) electrons. The lowest BCUT2D eigenvalue weighted by Gasteiger charge is -2.32. The average Bonchev–Trinajstić information content (AvgIpc) is 2.42. The zero-order valence-electron chi connectivity index (χ0n) is 10.5. The minimum atomic E-state index is 0.0415. The fourth-order valence-corrected chi connectivity index (χ4v) is 2.44. The van der Waals surface area contributed by atoms with Crippen LogP contribution in [0.5, 0.6) is 0 Å². The van der Waals surface area contributed by atoms with E-state index in [-0.39, 0.29) is 11.7 Å². The Morgan fingerprint density at radius 2 is 1.94 bits per heavy atom. The van der Waals surface area contributed by atoms with Gasteiger partial charge in [-0.25, -0.2) is 0 Å². The highest BCUT2D eigenvalue weighted by atomic mass is 32.1. The van der Waals surface area contributed by atoms with E-state index in [1.165, 1.54) is 5.56 Å². The predicted molar refractivity (Wildman–Crippen MR) is 76.7 cm³/mol. The highest BCUT2D eigenvalue weighted by Crippen LogP contribution is 2.13. The normalized spacial score (nSPS) is 17.6. The van der Waals surface area contributed by atoms with Crippen LogP contribution in [-0.4, -0.2) is 35.7 Å². The molecule has 0 atom stereocenters. The molecule has 1 fully saturated rings. The first-order chi connectivity index (χ1) is 8.78. The van der Waals surface area contributed by atoms with E-state index in [1.54, 1.807) is 0 Å². The van der Waals surface area contributed by atoms with Gasteiger partial charge in [0.15, 0.2) is 0 Å². The molecule has 1 N–H and O–H groups in total. The molecule has 0 bridgehead atoms. The molecule has 0 unspecified atom stereocenters. The molecule has 1 heterocycles. The number of hydrogen-bond acceptors (Lipinski definition) is 3. The second-order valence-corrected chi connectivity index (χ2v) is 5.08. The van der Waals surface area contributed by atoms with Crippen LogP contribution in [0.4, 0.5) is 0 Å². The van der Waals surface area contributed by atoms with Crippen LogP contribution in [-0.2, 0) is 11.3 Å². The lowest BCUT2D eigenvalue weighted by atomic mass is 10.0. The van der Waals surface area contributed by atoms with E-state index in [4.69, 9.17) is 0 Å². The third-order valence-electron chi connectivity index (χ3n) is 3.35. The number of nitrogens with one attached hydrogen (secondary N) is 1. The molecular formula is C14H20N2OS. The van der Waals surface area contributed by atoms with Crippen molar-refractivity contribution < 1.29 is 4.79 Å². The van der Waals surface area contributed by atoms with Crippen LogP contribution in [0.3, 0.4) is 0 Å². The Morgan fingerprint density at radius 3 is 2.56 bits per heavy atom. The molecule has 1 amide bonds. The van der Waals surface area contributed by atoms with Gasteiger partial charge in [-0.05, 0) is 18.4 Å². The Kier molecular flexibility index (Phi) is 5.08. The van der Waals surface area contributed by atoms with E-state index in [0.717, 1.165) is 32.5 Å². The van der Waals surface area contributed by atoms with E-state index in [2.05, 4.69) is 47.1 Å². The highest BCUT2D eigenvalue weighted by molar-refractivity contribution is 7.81. The fourth-order valence-electron chi connectivity index (χ4n) is 2.35. The number of carbonyl (C=O) groups excluding carboxylic acids is 1. The molecule has 1 saturated heterocycles. The molecule has 18 heavy (non-hydrogen) atoms. The maximum atomic E-state index is 11.3. The predicted octanol–water partition coefficient (Wildman–Crippen LogP) is 1.70. The summed E-state index contributed by atoms with van der Waals surface area (Å²) in [6.45, 7) is 3.10. The zero-order valence-corrected chi connectivity index (χ0v) is 11.4. The molecule has 1 aliphatic heterocycles. The molecule has 1 aromatic carbocycles. The smallest absolute Gasteiger partial charge is 0.229 e. The summed E-state index contributed by atoms with van der Waals surface area (Å²) in [5.74, 6) is 0.323. The topological polar surface area (TPSA) is 32.3 Å². The monoisotopic (exact) mass is 264 g/mol. The van der Waals surface area contributed by atoms with Crippen molar-refractivity contribution in [3.05, 3.63) is 35.9 Å². The highest BCUT2D eigenvalue weighted by Gasteiger charge is 2.19. The summed E-state index contributed by atoms with van der Waals surface area (Å²) in [6.07, 6.45) is 2.07. The van der Waals surface area contributed by atoms with Crippen LogP contribution in [0.1, 0.15) is 18.4 Å². The molecule has 1 aromatic rings. The van der Waals surface area contributed by atoms with Crippen LogP contribution in [0.15, 0.2) is 30.3 Å². The van der Waals surface area contributed by atoms with Crippen LogP contribution in [0.2, 0.25) is 0 Å². The number of nitrogens with zero attached hydrogens (tertiary/aromatic N) is 1. The van der Waals surface area contributed by atoms with Crippen LogP contribution < -0.4 is 5.32 Å². The average molecular weight is 264 g/mol. The maximum Gasteiger partial charge on any atom is 0.229 e. The molecule has 1 aliphatic rings. The number of hydrogen-bond donors (Lipinski definition) is 2. The van der Waals surface area contributed by atoms with Gasteiger partial charge in [-0.3, -0.25) is 9.69 Å². The van der Waals surface area contributed by atoms with Gasteiger partial charge in [-0.1, -0.05) is 30.3 Å². The third-order valence-corrected chi connectivity index (χ3v) is 3.63. The molecule has 0 aliphatic carbocycles. The minimum Gasteiger partial charge on any atom is -0.353 e. The SMILES string of the molecule is O=C(CS)NC1CCN(Cc2ccccc2)CC1. The van der Waals surface area contributed by atoms with E-state index in [1.807, 2.05) is 6.07 Å². The lowest BCUT2D eigenvalue weighted by molar-refractivity contribution is -0.119. The van der Waals surface area contributed by atoms with Crippen molar-refractivity contribution in [3.8, 4) is 0 Å². The van der Waals surface area contributed by atoms with Crippen molar-refractivity contribution in [1.29, 1.82) is 0 Å². The molecule has 98 valence electrons. The molecule has 0 saturated carbocycles. The van der Waals surface area contributed by atoms with E-state index in [0.29, 0.717) is 6.04 Å². The van der Waals surface area contributed by atoms with E-state index >= 15 is 0 Å². The van der Waals surface area contributed by atoms with Gasteiger partial charge in [0.2, 0.25) is 5.91 Å². The number of amides is 1. The maximum absolute atomic E-state index is 11.3. The van der Waals surface area contributed by atoms with E-state index < -0.39 is 0 Å². The lowest BCUT2D eigenvalue weighted by Crippen LogP contribution is -2.44. The van der Waals surface area contributed by atoms with Gasteiger partial charge >= 0.3 is 0 Å². The number of benzene rings is 1. The summed E-state index contributed by atoms with van der Waals surface area (Å²) >= 11 is 3.98. The van der Waals surface area contributed by atoms with Crippen molar-refractivity contribution >= 4 is 18.5 Å². The molecule has 0 spiro atoms. The molecule has 0 aromatic heterocycles. The Bertz CT molecular complexity index is 375. The summed E-state index contributed by atoms with van der Waals surface area (Å²) in [4.78, 5) is 13.7. The van der Waals surface area contributed by atoms with Crippen LogP contribution in [0.25, 0.3) is 0 Å². The second kappa shape index (κ2) is 6.81. The quantitative estimate of drug-likeness (QED) is 0.811. The fraction of sp³-hybridized carbons (Fsp3) is 0.500. The minimum absolute atomic E-state index is 0.0415. The largest absolute Gasteiger partial charge is 0.353 e. The van der Waals surface area contributed by atoms with Crippen molar-refractivity contribution in [2.75, 3.05) is 18.8 Å². The Hall–Kier alpha value is -1.00. The van der Waals surface area contributed by atoms with Crippen molar-refractivity contribution in [2.24, 2.45) is 0 Å². The number of carbonyl (C=O) groups is 1. The first-order valence-corrected chi connectivity index (χ1v) is 7.07. The molecular weight excluding hydrogens is 244 g/mol. The summed E-state index contributed by atoms with van der Waals surface area (Å²) in [7, 11) is 0. The van der Waals surface area contributed by atoms with Crippen molar-refractivity contribution in [2.45, 2.75) is 25.4 Å². The number of likely N-dealkylation sites (tertiary alicyclic amines) is 1. The Morgan fingerprint density at radius 1 is 1.28 bits per heavy atom. The van der Waals surface area contributed by atoms with Crippen LogP contribution >= 0.6 is 12.6 Å². The van der Waals surface area contributed by atoms with Gasteiger partial charge in [0, 0.05) is 25.7 Å². The van der Waals surface area contributed by atoms with Crippen molar-refractivity contribution in [1.82, 2.24) is 10.2 Å².